The van der Waals surface area contributed by atoms with Gasteiger partial charge in [-0.3, -0.25) is 9.48 Å². The first kappa shape index (κ1) is 15.1. The number of aryl methyl sites for hydroxylation is 1. The topological polar surface area (TPSA) is 59.3 Å². The lowest BCUT2D eigenvalue weighted by molar-refractivity contribution is 0.265. The van der Waals surface area contributed by atoms with Crippen LogP contribution >= 0.6 is 35.0 Å². The lowest BCUT2D eigenvalue weighted by atomic mass is 10.3. The average molecular weight is 353 g/mol. The van der Waals surface area contributed by atoms with Crippen molar-refractivity contribution in [2.45, 2.75) is 0 Å². The highest BCUT2D eigenvalue weighted by molar-refractivity contribution is 8.18. The van der Waals surface area contributed by atoms with E-state index in [1.807, 2.05) is 19.3 Å². The van der Waals surface area contributed by atoms with Gasteiger partial charge in [-0.1, -0.05) is 23.2 Å². The zero-order valence-electron chi connectivity index (χ0n) is 11.4. The molecule has 112 valence electrons. The van der Waals surface area contributed by atoms with Gasteiger partial charge in [-0.05, 0) is 36.0 Å². The lowest BCUT2D eigenvalue weighted by Crippen LogP contribution is -2.18. The highest BCUT2D eigenvalue weighted by Crippen LogP contribution is 2.30. The Balaban J connectivity index is 1.98. The molecular weight excluding hydrogens is 343 g/mol. The quantitative estimate of drug-likeness (QED) is 0.878. The first-order chi connectivity index (χ1) is 10.5. The average Bonchev–Trinajstić information content (AvgIpc) is 2.95. The molecule has 1 saturated heterocycles. The Morgan fingerprint density at radius 1 is 1.32 bits per heavy atom. The summed E-state index contributed by atoms with van der Waals surface area (Å²) in [7, 11) is 1.83. The molecular formula is C14H10Cl2N4OS. The van der Waals surface area contributed by atoms with Crippen molar-refractivity contribution >= 4 is 57.8 Å². The number of carbonyl (C=O) groups excluding carboxylic acids is 1. The standard InChI is InChI=1S/C14H10Cl2N4OS/c1-20-7-8(6-17-20)2-12-13(19-14(21)22-12)18-11-4-9(15)3-10(16)5-11/h2-7H,1H3,(H,18,19,21)/b12-2-. The molecule has 3 rings (SSSR count). The Hall–Kier alpha value is -1.76. The van der Waals surface area contributed by atoms with Gasteiger partial charge < -0.3 is 5.32 Å². The molecule has 1 aromatic carbocycles. The van der Waals surface area contributed by atoms with Crippen molar-refractivity contribution in [2.24, 2.45) is 12.0 Å². The van der Waals surface area contributed by atoms with Gasteiger partial charge in [0.2, 0.25) is 0 Å². The number of nitrogens with zero attached hydrogens (tertiary/aromatic N) is 3. The van der Waals surface area contributed by atoms with Gasteiger partial charge >= 0.3 is 0 Å². The lowest BCUT2D eigenvalue weighted by Gasteiger charge is -2.01. The molecule has 0 radical (unpaired) electrons. The number of benzene rings is 1. The fourth-order valence-corrected chi connectivity index (χ4v) is 3.16. The van der Waals surface area contributed by atoms with Crippen LogP contribution in [0.25, 0.3) is 6.08 Å². The van der Waals surface area contributed by atoms with Gasteiger partial charge in [0, 0.05) is 28.9 Å². The fourth-order valence-electron chi connectivity index (χ4n) is 1.91. The Morgan fingerprint density at radius 3 is 2.68 bits per heavy atom. The number of carbonyl (C=O) groups is 1. The van der Waals surface area contributed by atoms with E-state index in [9.17, 15) is 4.79 Å². The molecule has 5 nitrogen and oxygen atoms in total. The number of rotatable bonds is 2. The summed E-state index contributed by atoms with van der Waals surface area (Å²) in [5, 5.41) is 7.60. The van der Waals surface area contributed by atoms with Crippen molar-refractivity contribution in [1.29, 1.82) is 0 Å². The summed E-state index contributed by atoms with van der Waals surface area (Å²) < 4.78 is 1.69. The number of aromatic nitrogens is 2. The molecule has 22 heavy (non-hydrogen) atoms. The molecule has 0 aliphatic carbocycles. The van der Waals surface area contributed by atoms with E-state index in [1.165, 1.54) is 0 Å². The van der Waals surface area contributed by atoms with Crippen LogP contribution in [0, 0.1) is 0 Å². The predicted molar refractivity (Wildman–Crippen MR) is 90.9 cm³/mol. The number of hydrogen-bond acceptors (Lipinski definition) is 4. The largest absolute Gasteiger partial charge is 0.300 e. The van der Waals surface area contributed by atoms with E-state index in [1.54, 1.807) is 29.1 Å². The van der Waals surface area contributed by atoms with E-state index in [-0.39, 0.29) is 5.24 Å². The predicted octanol–water partition coefficient (Wildman–Crippen LogP) is 4.25. The second kappa shape index (κ2) is 6.16. The number of aliphatic imine (C=N–C) groups is 1. The van der Waals surface area contributed by atoms with Crippen molar-refractivity contribution in [3.8, 4) is 0 Å². The molecule has 0 atom stereocenters. The third-order valence-electron chi connectivity index (χ3n) is 2.77. The SMILES string of the molecule is Cn1cc(/C=C2\SC(=O)NC2=Nc2cc(Cl)cc(Cl)c2)cn1. The number of halogens is 2. The molecule has 0 spiro atoms. The first-order valence-corrected chi connectivity index (χ1v) is 7.81. The molecule has 1 N–H and O–H groups in total. The van der Waals surface area contributed by atoms with Crippen LogP contribution in [0.2, 0.25) is 10.0 Å². The summed E-state index contributed by atoms with van der Waals surface area (Å²) >= 11 is 13.0. The van der Waals surface area contributed by atoms with Crippen LogP contribution in [0.5, 0.6) is 0 Å². The van der Waals surface area contributed by atoms with Gasteiger partial charge in [0.15, 0.2) is 0 Å². The molecule has 2 aromatic rings. The van der Waals surface area contributed by atoms with Gasteiger partial charge in [0.1, 0.15) is 5.84 Å². The first-order valence-electron chi connectivity index (χ1n) is 6.24. The van der Waals surface area contributed by atoms with Crippen LogP contribution in [-0.2, 0) is 7.05 Å². The smallest absolute Gasteiger partial charge is 0.289 e. The third-order valence-corrected chi connectivity index (χ3v) is 4.02. The van der Waals surface area contributed by atoms with Gasteiger partial charge in [0.05, 0.1) is 16.8 Å². The van der Waals surface area contributed by atoms with Gasteiger partial charge in [-0.2, -0.15) is 5.10 Å². The van der Waals surface area contributed by atoms with Crippen molar-refractivity contribution in [1.82, 2.24) is 15.1 Å². The van der Waals surface area contributed by atoms with Crippen LogP contribution in [0.3, 0.4) is 0 Å². The van der Waals surface area contributed by atoms with E-state index < -0.39 is 0 Å². The summed E-state index contributed by atoms with van der Waals surface area (Å²) in [4.78, 5) is 16.8. The Bertz CT molecular complexity index is 793. The second-order valence-electron chi connectivity index (χ2n) is 4.56. The van der Waals surface area contributed by atoms with E-state index in [0.29, 0.717) is 26.5 Å². The maximum Gasteiger partial charge on any atom is 0.289 e. The van der Waals surface area contributed by atoms with E-state index in [4.69, 9.17) is 23.2 Å². The highest BCUT2D eigenvalue weighted by atomic mass is 35.5. The molecule has 8 heteroatoms. The highest BCUT2D eigenvalue weighted by Gasteiger charge is 2.23. The molecule has 1 amide bonds. The Morgan fingerprint density at radius 2 is 2.05 bits per heavy atom. The summed E-state index contributed by atoms with van der Waals surface area (Å²) in [6, 6.07) is 4.98. The van der Waals surface area contributed by atoms with Crippen molar-refractivity contribution in [3.63, 3.8) is 0 Å². The minimum absolute atomic E-state index is 0.179. The minimum Gasteiger partial charge on any atom is -0.300 e. The van der Waals surface area contributed by atoms with Crippen LogP contribution < -0.4 is 5.32 Å². The third kappa shape index (κ3) is 3.52. The zero-order valence-corrected chi connectivity index (χ0v) is 13.7. The van der Waals surface area contributed by atoms with Gasteiger partial charge in [-0.15, -0.1) is 0 Å². The maximum atomic E-state index is 11.6. The maximum absolute atomic E-state index is 11.6. The number of thioether (sulfide) groups is 1. The van der Waals surface area contributed by atoms with E-state index >= 15 is 0 Å². The summed E-state index contributed by atoms with van der Waals surface area (Å²) in [5.41, 5.74) is 1.46. The monoisotopic (exact) mass is 352 g/mol. The number of amides is 1. The number of hydrogen-bond donors (Lipinski definition) is 1. The van der Waals surface area contributed by atoms with Crippen molar-refractivity contribution < 1.29 is 4.79 Å². The fraction of sp³-hybridized carbons (Fsp3) is 0.0714. The summed E-state index contributed by atoms with van der Waals surface area (Å²) in [6.07, 6.45) is 5.41. The molecule has 0 saturated carbocycles. The van der Waals surface area contributed by atoms with Gasteiger partial charge in [-0.25, -0.2) is 4.99 Å². The molecule has 1 aliphatic heterocycles. The molecule has 0 unspecified atom stereocenters. The van der Waals surface area contributed by atoms with Crippen LogP contribution in [0.1, 0.15) is 5.56 Å². The Labute approximate surface area is 141 Å². The summed E-state index contributed by atoms with van der Waals surface area (Å²) in [5.74, 6) is 0.470. The second-order valence-corrected chi connectivity index (χ2v) is 6.45. The van der Waals surface area contributed by atoms with Crippen LogP contribution in [0.15, 0.2) is 40.5 Å². The molecule has 1 aliphatic rings. The van der Waals surface area contributed by atoms with Crippen LogP contribution in [-0.4, -0.2) is 20.9 Å². The number of amidine groups is 1. The van der Waals surface area contributed by atoms with E-state index in [2.05, 4.69) is 15.4 Å². The van der Waals surface area contributed by atoms with Gasteiger partial charge in [0.25, 0.3) is 5.24 Å². The molecule has 0 bridgehead atoms. The normalized spacial score (nSPS) is 18.2. The van der Waals surface area contributed by atoms with E-state index in [0.717, 1.165) is 17.3 Å². The van der Waals surface area contributed by atoms with Crippen LogP contribution in [0.4, 0.5) is 10.5 Å². The molecule has 2 heterocycles. The molecule has 1 aromatic heterocycles. The minimum atomic E-state index is -0.179. The van der Waals surface area contributed by atoms with Crippen molar-refractivity contribution in [3.05, 3.63) is 51.1 Å². The zero-order chi connectivity index (χ0) is 15.7. The number of nitrogens with one attached hydrogen (secondary N) is 1. The molecule has 1 fully saturated rings. The van der Waals surface area contributed by atoms with Crippen molar-refractivity contribution in [2.75, 3.05) is 0 Å². The Kier molecular flexibility index (Phi) is 4.24. The summed E-state index contributed by atoms with van der Waals surface area (Å²) in [6.45, 7) is 0.